The Morgan fingerprint density at radius 2 is 1.94 bits per heavy atom. The lowest BCUT2D eigenvalue weighted by Crippen LogP contribution is -2.46. The van der Waals surface area contributed by atoms with E-state index in [9.17, 15) is 9.90 Å². The zero-order valence-electron chi connectivity index (χ0n) is 12.1. The minimum absolute atomic E-state index is 0.290. The molecule has 18 heavy (non-hydrogen) atoms. The molecule has 4 heteroatoms. The van der Waals surface area contributed by atoms with E-state index < -0.39 is 17.3 Å². The summed E-state index contributed by atoms with van der Waals surface area (Å²) in [5.41, 5.74) is -1.24. The number of nitrogens with one attached hydrogen (secondary N) is 1. The Morgan fingerprint density at radius 1 is 1.39 bits per heavy atom. The maximum absolute atomic E-state index is 11.5. The number of hydrogen-bond acceptors (Lipinski definition) is 3. The van der Waals surface area contributed by atoms with Crippen molar-refractivity contribution in [2.75, 3.05) is 6.54 Å². The summed E-state index contributed by atoms with van der Waals surface area (Å²) in [7, 11) is 0. The predicted octanol–water partition coefficient (Wildman–Crippen LogP) is 2.84. The van der Waals surface area contributed by atoms with E-state index in [-0.39, 0.29) is 0 Å². The number of alkyl carbamates (subject to hydrolysis) is 1. The third-order valence-electron chi connectivity index (χ3n) is 3.57. The summed E-state index contributed by atoms with van der Waals surface area (Å²) >= 11 is 0. The van der Waals surface area contributed by atoms with E-state index in [0.717, 1.165) is 31.6 Å². The van der Waals surface area contributed by atoms with Crippen LogP contribution >= 0.6 is 0 Å². The molecule has 0 bridgehead atoms. The van der Waals surface area contributed by atoms with Crippen LogP contribution < -0.4 is 5.32 Å². The SMILES string of the molecule is CCC1CCC(O)(CNC(=O)OC(C)(C)C)CC1. The lowest BCUT2D eigenvalue weighted by molar-refractivity contribution is -0.0128. The Labute approximate surface area is 110 Å². The van der Waals surface area contributed by atoms with Gasteiger partial charge in [-0.15, -0.1) is 0 Å². The first kappa shape index (κ1) is 15.3. The Hall–Kier alpha value is -0.770. The molecule has 0 spiro atoms. The van der Waals surface area contributed by atoms with Crippen LogP contribution in [0, 0.1) is 5.92 Å². The van der Waals surface area contributed by atoms with E-state index in [2.05, 4.69) is 12.2 Å². The van der Waals surface area contributed by atoms with Crippen LogP contribution in [-0.4, -0.2) is 28.9 Å². The Balaban J connectivity index is 2.32. The largest absolute Gasteiger partial charge is 0.444 e. The number of amides is 1. The van der Waals surface area contributed by atoms with Crippen molar-refractivity contribution in [1.82, 2.24) is 5.32 Å². The van der Waals surface area contributed by atoms with E-state index in [1.807, 2.05) is 20.8 Å². The van der Waals surface area contributed by atoms with E-state index >= 15 is 0 Å². The quantitative estimate of drug-likeness (QED) is 0.817. The van der Waals surface area contributed by atoms with Gasteiger partial charge in [-0.25, -0.2) is 4.79 Å². The minimum atomic E-state index is -0.747. The van der Waals surface area contributed by atoms with Crippen molar-refractivity contribution in [2.24, 2.45) is 5.92 Å². The molecule has 0 radical (unpaired) electrons. The van der Waals surface area contributed by atoms with Gasteiger partial charge in [0.2, 0.25) is 0 Å². The first-order valence-corrected chi connectivity index (χ1v) is 6.93. The summed E-state index contributed by atoms with van der Waals surface area (Å²) in [5.74, 6) is 0.729. The normalized spacial score (nSPS) is 28.8. The zero-order valence-corrected chi connectivity index (χ0v) is 12.1. The monoisotopic (exact) mass is 257 g/mol. The molecule has 1 fully saturated rings. The molecule has 0 aromatic rings. The van der Waals surface area contributed by atoms with Gasteiger partial charge in [0.05, 0.1) is 5.60 Å². The molecule has 2 N–H and O–H groups in total. The molecule has 0 heterocycles. The van der Waals surface area contributed by atoms with Gasteiger partial charge in [-0.3, -0.25) is 0 Å². The molecule has 0 atom stereocenters. The fourth-order valence-corrected chi connectivity index (χ4v) is 2.35. The van der Waals surface area contributed by atoms with Gasteiger partial charge in [0.25, 0.3) is 0 Å². The van der Waals surface area contributed by atoms with Crippen molar-refractivity contribution >= 4 is 6.09 Å². The second kappa shape index (κ2) is 5.91. The highest BCUT2D eigenvalue weighted by Crippen LogP contribution is 2.33. The first-order chi connectivity index (χ1) is 8.24. The minimum Gasteiger partial charge on any atom is -0.444 e. The molecule has 0 aromatic carbocycles. The van der Waals surface area contributed by atoms with E-state index in [1.165, 1.54) is 6.42 Å². The van der Waals surface area contributed by atoms with Crippen LogP contribution in [0.3, 0.4) is 0 Å². The Bertz CT molecular complexity index is 275. The van der Waals surface area contributed by atoms with Crippen LogP contribution in [0.1, 0.15) is 59.8 Å². The lowest BCUT2D eigenvalue weighted by Gasteiger charge is -2.36. The van der Waals surface area contributed by atoms with E-state index in [1.54, 1.807) is 0 Å². The van der Waals surface area contributed by atoms with Crippen molar-refractivity contribution in [2.45, 2.75) is 71.0 Å². The lowest BCUT2D eigenvalue weighted by atomic mass is 9.78. The predicted molar refractivity (Wildman–Crippen MR) is 71.4 cm³/mol. The van der Waals surface area contributed by atoms with Crippen LogP contribution in [0.15, 0.2) is 0 Å². The van der Waals surface area contributed by atoms with Gasteiger partial charge in [0.1, 0.15) is 5.60 Å². The highest BCUT2D eigenvalue weighted by Gasteiger charge is 2.33. The van der Waals surface area contributed by atoms with Gasteiger partial charge >= 0.3 is 6.09 Å². The standard InChI is InChI=1S/C14H27NO3/c1-5-11-6-8-14(17,9-7-11)10-15-12(16)18-13(2,3)4/h11,17H,5-10H2,1-4H3,(H,15,16). The molecule has 1 rings (SSSR count). The third kappa shape index (κ3) is 5.25. The first-order valence-electron chi connectivity index (χ1n) is 6.93. The third-order valence-corrected chi connectivity index (χ3v) is 3.57. The van der Waals surface area contributed by atoms with Gasteiger partial charge < -0.3 is 15.2 Å². The zero-order chi connectivity index (χ0) is 13.8. The second-order valence-corrected chi connectivity index (χ2v) is 6.43. The molecule has 0 unspecified atom stereocenters. The number of rotatable bonds is 3. The van der Waals surface area contributed by atoms with Crippen molar-refractivity contribution < 1.29 is 14.6 Å². The second-order valence-electron chi connectivity index (χ2n) is 6.43. The molecule has 1 amide bonds. The van der Waals surface area contributed by atoms with Crippen molar-refractivity contribution in [3.63, 3.8) is 0 Å². The number of carbonyl (C=O) groups excluding carboxylic acids is 1. The summed E-state index contributed by atoms with van der Waals surface area (Å²) in [6.45, 7) is 7.96. The van der Waals surface area contributed by atoms with Gasteiger partial charge in [-0.1, -0.05) is 13.3 Å². The van der Waals surface area contributed by atoms with Crippen molar-refractivity contribution in [1.29, 1.82) is 0 Å². The van der Waals surface area contributed by atoms with Gasteiger partial charge in [-0.05, 0) is 52.4 Å². The topological polar surface area (TPSA) is 58.6 Å². The fraction of sp³-hybridized carbons (Fsp3) is 0.929. The summed E-state index contributed by atoms with van der Waals surface area (Å²) in [6.07, 6.45) is 4.35. The summed E-state index contributed by atoms with van der Waals surface area (Å²) < 4.78 is 5.15. The van der Waals surface area contributed by atoms with Gasteiger partial charge in [0.15, 0.2) is 0 Å². The van der Waals surface area contributed by atoms with E-state index in [0.29, 0.717) is 6.54 Å². The smallest absolute Gasteiger partial charge is 0.407 e. The van der Waals surface area contributed by atoms with Gasteiger partial charge in [0, 0.05) is 6.54 Å². The molecule has 0 aliphatic heterocycles. The summed E-state index contributed by atoms with van der Waals surface area (Å²) in [4.78, 5) is 11.5. The highest BCUT2D eigenvalue weighted by molar-refractivity contribution is 5.67. The van der Waals surface area contributed by atoms with E-state index in [4.69, 9.17) is 4.74 Å². The molecule has 4 nitrogen and oxygen atoms in total. The maximum Gasteiger partial charge on any atom is 0.407 e. The molecule has 106 valence electrons. The Morgan fingerprint density at radius 3 is 2.39 bits per heavy atom. The average molecular weight is 257 g/mol. The van der Waals surface area contributed by atoms with Crippen LogP contribution in [0.4, 0.5) is 4.79 Å². The fourth-order valence-electron chi connectivity index (χ4n) is 2.35. The molecular weight excluding hydrogens is 230 g/mol. The molecule has 0 aromatic heterocycles. The Kier molecular flexibility index (Phi) is 5.02. The summed E-state index contributed by atoms with van der Waals surface area (Å²) in [5, 5.41) is 13.0. The average Bonchev–Trinajstić information content (AvgIpc) is 2.26. The number of hydrogen-bond donors (Lipinski definition) is 2. The van der Waals surface area contributed by atoms with Crippen LogP contribution in [0.5, 0.6) is 0 Å². The van der Waals surface area contributed by atoms with Crippen molar-refractivity contribution in [3.05, 3.63) is 0 Å². The van der Waals surface area contributed by atoms with Crippen molar-refractivity contribution in [3.8, 4) is 0 Å². The molecule has 1 aliphatic rings. The van der Waals surface area contributed by atoms with Crippen LogP contribution in [0.25, 0.3) is 0 Å². The molecule has 1 aliphatic carbocycles. The molecule has 1 saturated carbocycles. The van der Waals surface area contributed by atoms with Crippen LogP contribution in [-0.2, 0) is 4.74 Å². The number of carbonyl (C=O) groups is 1. The maximum atomic E-state index is 11.5. The number of ether oxygens (including phenoxy) is 1. The molecular formula is C14H27NO3. The molecule has 0 saturated heterocycles. The van der Waals surface area contributed by atoms with Gasteiger partial charge in [-0.2, -0.15) is 0 Å². The van der Waals surface area contributed by atoms with Crippen LogP contribution in [0.2, 0.25) is 0 Å². The number of aliphatic hydroxyl groups is 1. The summed E-state index contributed by atoms with van der Waals surface area (Å²) in [6, 6.07) is 0. The highest BCUT2D eigenvalue weighted by atomic mass is 16.6.